The maximum atomic E-state index is 5.05. The number of aromatic amines is 1. The average molecular weight is 185 g/mol. The van der Waals surface area contributed by atoms with Crippen molar-refractivity contribution in [3.05, 3.63) is 24.4 Å². The number of hydrogen-bond donors (Lipinski definition) is 1. The summed E-state index contributed by atoms with van der Waals surface area (Å²) in [5.74, 6) is 0.860. The summed E-state index contributed by atoms with van der Waals surface area (Å²) < 4.78 is 5.05. The molecule has 2 aromatic rings. The fourth-order valence-corrected chi connectivity index (χ4v) is 1.05. The van der Waals surface area contributed by atoms with Crippen molar-refractivity contribution in [2.75, 3.05) is 7.11 Å². The molecule has 0 bridgehead atoms. The molecule has 0 unspecified atom stereocenters. The summed E-state index contributed by atoms with van der Waals surface area (Å²) in [4.78, 5) is 0. The van der Waals surface area contributed by atoms with Crippen LogP contribution in [-0.4, -0.2) is 17.3 Å². The van der Waals surface area contributed by atoms with Gasteiger partial charge in [-0.3, -0.25) is 5.10 Å². The van der Waals surface area contributed by atoms with E-state index < -0.39 is 0 Å². The highest BCUT2D eigenvalue weighted by Gasteiger charge is 1.95. The van der Waals surface area contributed by atoms with Gasteiger partial charge in [0.25, 0.3) is 0 Å². The first-order valence-corrected chi connectivity index (χ1v) is 3.37. The van der Waals surface area contributed by atoms with Gasteiger partial charge in [0.15, 0.2) is 0 Å². The zero-order chi connectivity index (χ0) is 7.68. The van der Waals surface area contributed by atoms with Gasteiger partial charge in [-0.25, -0.2) is 0 Å². The molecule has 0 amide bonds. The van der Waals surface area contributed by atoms with E-state index in [4.69, 9.17) is 4.74 Å². The van der Waals surface area contributed by atoms with Gasteiger partial charge in [0.1, 0.15) is 5.75 Å². The smallest absolute Gasteiger partial charge is 0.119 e. The van der Waals surface area contributed by atoms with E-state index in [-0.39, 0.29) is 12.4 Å². The number of nitrogens with one attached hydrogen (secondary N) is 1. The van der Waals surface area contributed by atoms with Gasteiger partial charge in [-0.15, -0.1) is 12.4 Å². The Bertz CT molecular complexity index is 372. The molecule has 0 spiro atoms. The molecule has 1 heterocycles. The summed E-state index contributed by atoms with van der Waals surface area (Å²) in [6, 6.07) is 5.79. The minimum atomic E-state index is 0. The molecule has 1 N–H and O–H groups in total. The Balaban J connectivity index is 0.000000720. The third-order valence-electron chi connectivity index (χ3n) is 1.65. The van der Waals surface area contributed by atoms with Crippen molar-refractivity contribution in [1.82, 2.24) is 10.2 Å². The largest absolute Gasteiger partial charge is 0.497 e. The summed E-state index contributed by atoms with van der Waals surface area (Å²) in [6.07, 6.45) is 1.78. The molecule has 0 saturated carbocycles. The van der Waals surface area contributed by atoms with Crippen LogP contribution in [0.1, 0.15) is 0 Å². The van der Waals surface area contributed by atoms with Gasteiger partial charge in [0.05, 0.1) is 18.8 Å². The number of rotatable bonds is 1. The summed E-state index contributed by atoms with van der Waals surface area (Å²) >= 11 is 0. The Morgan fingerprint density at radius 2 is 2.25 bits per heavy atom. The van der Waals surface area contributed by atoms with Crippen LogP contribution in [-0.2, 0) is 0 Å². The van der Waals surface area contributed by atoms with E-state index in [9.17, 15) is 0 Å². The highest BCUT2D eigenvalue weighted by molar-refractivity contribution is 5.85. The number of aromatic nitrogens is 2. The van der Waals surface area contributed by atoms with Crippen molar-refractivity contribution in [3.63, 3.8) is 0 Å². The fraction of sp³-hybridized carbons (Fsp3) is 0.125. The number of halogens is 1. The number of benzene rings is 1. The van der Waals surface area contributed by atoms with Gasteiger partial charge in [0.2, 0.25) is 0 Å². The lowest BCUT2D eigenvalue weighted by molar-refractivity contribution is 0.415. The first-order chi connectivity index (χ1) is 5.40. The molecule has 0 aliphatic heterocycles. The maximum Gasteiger partial charge on any atom is 0.119 e. The van der Waals surface area contributed by atoms with Crippen molar-refractivity contribution in [3.8, 4) is 5.75 Å². The second-order valence-electron chi connectivity index (χ2n) is 2.32. The van der Waals surface area contributed by atoms with Gasteiger partial charge < -0.3 is 4.74 Å². The third kappa shape index (κ3) is 1.36. The van der Waals surface area contributed by atoms with E-state index in [1.165, 1.54) is 0 Å². The van der Waals surface area contributed by atoms with Crippen LogP contribution in [0.5, 0.6) is 5.75 Å². The van der Waals surface area contributed by atoms with Crippen molar-refractivity contribution in [2.45, 2.75) is 0 Å². The Kier molecular flexibility index (Phi) is 2.55. The lowest BCUT2D eigenvalue weighted by Crippen LogP contribution is -1.80. The van der Waals surface area contributed by atoms with Crippen molar-refractivity contribution in [1.29, 1.82) is 0 Å². The number of H-pyrrole nitrogens is 1. The van der Waals surface area contributed by atoms with Crippen molar-refractivity contribution in [2.24, 2.45) is 0 Å². The van der Waals surface area contributed by atoms with E-state index in [1.807, 2.05) is 18.2 Å². The van der Waals surface area contributed by atoms with Crippen LogP contribution in [0.3, 0.4) is 0 Å². The topological polar surface area (TPSA) is 37.9 Å². The molecule has 12 heavy (non-hydrogen) atoms. The minimum absolute atomic E-state index is 0. The predicted molar refractivity (Wildman–Crippen MR) is 49.9 cm³/mol. The lowest BCUT2D eigenvalue weighted by Gasteiger charge is -1.96. The van der Waals surface area contributed by atoms with Crippen LogP contribution in [0, 0.1) is 0 Å². The third-order valence-corrected chi connectivity index (χ3v) is 1.65. The Morgan fingerprint density at radius 3 is 3.00 bits per heavy atom. The molecule has 0 saturated heterocycles. The van der Waals surface area contributed by atoms with Crippen LogP contribution < -0.4 is 4.74 Å². The van der Waals surface area contributed by atoms with Crippen molar-refractivity contribution < 1.29 is 4.74 Å². The minimum Gasteiger partial charge on any atom is -0.497 e. The maximum absolute atomic E-state index is 5.05. The molecule has 3 nitrogen and oxygen atoms in total. The van der Waals surface area contributed by atoms with Crippen LogP contribution in [0.2, 0.25) is 0 Å². The van der Waals surface area contributed by atoms with Gasteiger partial charge in [-0.1, -0.05) is 0 Å². The van der Waals surface area contributed by atoms with E-state index >= 15 is 0 Å². The number of hydrogen-bond acceptors (Lipinski definition) is 2. The van der Waals surface area contributed by atoms with E-state index in [0.29, 0.717) is 0 Å². The fourth-order valence-electron chi connectivity index (χ4n) is 1.05. The number of fused-ring (bicyclic) bond motifs is 1. The van der Waals surface area contributed by atoms with Gasteiger partial charge in [0, 0.05) is 5.39 Å². The molecule has 0 atom stereocenters. The Hall–Kier alpha value is -1.22. The monoisotopic (exact) mass is 184 g/mol. The molecule has 64 valence electrons. The highest BCUT2D eigenvalue weighted by Crippen LogP contribution is 2.17. The van der Waals surface area contributed by atoms with Crippen LogP contribution >= 0.6 is 12.4 Å². The molecule has 1 aromatic carbocycles. The zero-order valence-electron chi connectivity index (χ0n) is 6.57. The van der Waals surface area contributed by atoms with E-state index in [1.54, 1.807) is 13.3 Å². The Morgan fingerprint density at radius 1 is 1.42 bits per heavy atom. The van der Waals surface area contributed by atoms with Crippen LogP contribution in [0.25, 0.3) is 10.9 Å². The highest BCUT2D eigenvalue weighted by atomic mass is 35.5. The molecule has 0 fully saturated rings. The number of ether oxygens (including phenoxy) is 1. The first-order valence-electron chi connectivity index (χ1n) is 3.37. The summed E-state index contributed by atoms with van der Waals surface area (Å²) in [5, 5.41) is 7.83. The summed E-state index contributed by atoms with van der Waals surface area (Å²) in [7, 11) is 1.65. The molecule has 4 heteroatoms. The van der Waals surface area contributed by atoms with Gasteiger partial charge in [-0.2, -0.15) is 5.10 Å². The number of methoxy groups -OCH3 is 1. The molecular weight excluding hydrogens is 176 g/mol. The first kappa shape index (κ1) is 8.87. The van der Waals surface area contributed by atoms with Crippen LogP contribution in [0.15, 0.2) is 24.4 Å². The Labute approximate surface area is 76.1 Å². The molecule has 1 aromatic heterocycles. The van der Waals surface area contributed by atoms with Gasteiger partial charge in [-0.05, 0) is 18.2 Å². The predicted octanol–water partition coefficient (Wildman–Crippen LogP) is 1.99. The van der Waals surface area contributed by atoms with Crippen LogP contribution in [0.4, 0.5) is 0 Å². The molecule has 0 radical (unpaired) electrons. The molecular formula is C8H9ClN2O. The zero-order valence-corrected chi connectivity index (χ0v) is 7.39. The summed E-state index contributed by atoms with van der Waals surface area (Å²) in [6.45, 7) is 0. The van der Waals surface area contributed by atoms with Gasteiger partial charge >= 0.3 is 0 Å². The van der Waals surface area contributed by atoms with E-state index in [0.717, 1.165) is 16.7 Å². The SMILES string of the molecule is COc1ccc2[nH]ncc2c1.Cl. The second-order valence-corrected chi connectivity index (χ2v) is 2.32. The molecule has 2 rings (SSSR count). The average Bonchev–Trinajstić information content (AvgIpc) is 2.50. The molecule has 0 aliphatic rings. The van der Waals surface area contributed by atoms with E-state index in [2.05, 4.69) is 10.2 Å². The standard InChI is InChI=1S/C8H8N2O.ClH/c1-11-7-2-3-8-6(4-7)5-9-10-8;/h2-5H,1H3,(H,9,10);1H. The summed E-state index contributed by atoms with van der Waals surface area (Å²) in [5.41, 5.74) is 1.03. The quantitative estimate of drug-likeness (QED) is 0.736. The second kappa shape index (κ2) is 3.45. The normalized spacial score (nSPS) is 9.42. The number of nitrogens with zero attached hydrogens (tertiary/aromatic N) is 1. The van der Waals surface area contributed by atoms with Crippen molar-refractivity contribution >= 4 is 23.3 Å². The molecule has 0 aliphatic carbocycles. The lowest BCUT2D eigenvalue weighted by atomic mass is 10.2.